The van der Waals surface area contributed by atoms with E-state index in [0.29, 0.717) is 0 Å². The predicted molar refractivity (Wildman–Crippen MR) is 33.7 cm³/mol. The summed E-state index contributed by atoms with van der Waals surface area (Å²) in [6, 6.07) is 0. The molecular weight excluding hydrogens is 186 g/mol. The molecule has 0 aromatic heterocycles. The number of hydrogen-bond acceptors (Lipinski definition) is 4. The Morgan fingerprint density at radius 3 is 1.70 bits per heavy atom. The van der Waals surface area contributed by atoms with Gasteiger partial charge in [-0.2, -0.15) is 0 Å². The van der Waals surface area contributed by atoms with Gasteiger partial charge in [0.05, 0.1) is 4.27 Å². The molecule has 0 aliphatic heterocycles. The van der Waals surface area contributed by atoms with E-state index in [2.05, 4.69) is 0 Å². The van der Waals surface area contributed by atoms with E-state index in [1.807, 2.05) is 0 Å². The van der Waals surface area contributed by atoms with E-state index in [-0.39, 0.29) is 59.1 Å². The van der Waals surface area contributed by atoms with Crippen molar-refractivity contribution in [3.63, 3.8) is 0 Å². The summed E-state index contributed by atoms with van der Waals surface area (Å²) in [5.74, 6) is 0. The normalized spacial score (nSPS) is 11.1. The van der Waals surface area contributed by atoms with Crippen LogP contribution in [0.1, 0.15) is 0 Å². The third kappa shape index (κ3) is 7.22. The van der Waals surface area contributed by atoms with Gasteiger partial charge in [0.15, 0.2) is 0 Å². The molecule has 0 aromatic rings. The van der Waals surface area contributed by atoms with E-state index in [1.54, 1.807) is 5.28 Å². The summed E-state index contributed by atoms with van der Waals surface area (Å²) in [5.41, 5.74) is 0. The zero-order chi connectivity index (χ0) is 6.78. The Kier molecular flexibility index (Phi) is 11.7. The van der Waals surface area contributed by atoms with Crippen LogP contribution in [0, 0.1) is 5.21 Å². The Bertz CT molecular complexity index is 194. The van der Waals surface area contributed by atoms with Gasteiger partial charge in [-0.25, -0.2) is 4.55 Å². The molecule has 0 saturated heterocycles. The molecule has 7 nitrogen and oxygen atoms in total. The predicted octanol–water partition coefficient (Wildman–Crippen LogP) is -2.16. The van der Waals surface area contributed by atoms with Crippen LogP contribution in [0.5, 0.6) is 0 Å². The molecule has 52 valence electrons. The third-order valence-electron chi connectivity index (χ3n) is 0.270. The molecule has 0 aliphatic carbocycles. The molecule has 10 heavy (non-hydrogen) atoms. The quantitative estimate of drug-likeness (QED) is 0.161. The Labute approximate surface area is 101 Å². The Balaban J connectivity index is -0.000000245. The van der Waals surface area contributed by atoms with Crippen molar-refractivity contribution in [3.8, 4) is 0 Å². The van der Waals surface area contributed by atoms with Crippen molar-refractivity contribution in [2.45, 2.75) is 0 Å². The number of rotatable bonds is 1. The van der Waals surface area contributed by atoms with Crippen LogP contribution in [-0.2, 0) is 10.3 Å². The SMILES string of the molecule is O=S(=O)(O)/[N+]([O-])=N/O.[NaH].[NaH]. The second-order valence-corrected chi connectivity index (χ2v) is 1.98. The van der Waals surface area contributed by atoms with Gasteiger partial charge in [-0.3, -0.25) is 0 Å². The van der Waals surface area contributed by atoms with Crippen molar-refractivity contribution in [2.75, 3.05) is 0 Å². The average molecular weight is 190 g/mol. The molecule has 0 saturated carbocycles. The zero-order valence-corrected chi connectivity index (χ0v) is 4.24. The molecule has 0 fully saturated rings. The molecule has 2 N–H and O–H groups in total. The fourth-order valence-electron chi connectivity index (χ4n) is 0.0461. The van der Waals surface area contributed by atoms with Crippen molar-refractivity contribution in [2.24, 2.45) is 5.28 Å². The van der Waals surface area contributed by atoms with Crippen LogP contribution in [-0.4, -0.2) is 81.6 Å². The van der Waals surface area contributed by atoms with Gasteiger partial charge in [0.25, 0.3) is 0 Å². The van der Waals surface area contributed by atoms with Crippen LogP contribution in [0.25, 0.3) is 0 Å². The Morgan fingerprint density at radius 2 is 1.70 bits per heavy atom. The molecule has 0 amide bonds. The van der Waals surface area contributed by atoms with E-state index < -0.39 is 14.6 Å². The van der Waals surface area contributed by atoms with Crippen molar-refractivity contribution >= 4 is 69.4 Å². The fourth-order valence-corrected chi connectivity index (χ4v) is 0.138. The molecule has 0 bridgehead atoms. The minimum atomic E-state index is -4.89. The van der Waals surface area contributed by atoms with Crippen LogP contribution in [0.15, 0.2) is 5.28 Å². The molecule has 0 aromatic carbocycles. The van der Waals surface area contributed by atoms with Crippen molar-refractivity contribution in [1.82, 2.24) is 0 Å². The zero-order valence-electron chi connectivity index (χ0n) is 3.42. The van der Waals surface area contributed by atoms with E-state index >= 15 is 0 Å². The third-order valence-corrected chi connectivity index (χ3v) is 0.738. The molecule has 10 heteroatoms. The van der Waals surface area contributed by atoms with Crippen LogP contribution < -0.4 is 0 Å². The molecule has 0 rings (SSSR count). The minimum absolute atomic E-state index is 0. The molecule has 0 atom stereocenters. The molecule has 0 unspecified atom stereocenters. The van der Waals surface area contributed by atoms with Gasteiger partial charge < -0.3 is 10.4 Å². The summed E-state index contributed by atoms with van der Waals surface area (Å²) in [6.07, 6.45) is 0. The van der Waals surface area contributed by atoms with Gasteiger partial charge >= 0.3 is 69.4 Å². The molecule has 0 radical (unpaired) electrons. The summed E-state index contributed by atoms with van der Waals surface area (Å²) in [5, 5.41) is 18.5. The summed E-state index contributed by atoms with van der Waals surface area (Å²) >= 11 is 0. The van der Waals surface area contributed by atoms with Crippen molar-refractivity contribution < 1.29 is 22.4 Å². The first-order valence-electron chi connectivity index (χ1n) is 1.28. The van der Waals surface area contributed by atoms with Crippen LogP contribution in [0.3, 0.4) is 0 Å². The van der Waals surface area contributed by atoms with E-state index in [4.69, 9.17) is 9.76 Å². The van der Waals surface area contributed by atoms with Gasteiger partial charge in [0, 0.05) is 0 Å². The monoisotopic (exact) mass is 190 g/mol. The maximum absolute atomic E-state index is 9.50. The molecule has 0 aliphatic rings. The first kappa shape index (κ1) is 17.3. The van der Waals surface area contributed by atoms with Gasteiger partial charge in [0.2, 0.25) is 5.28 Å². The van der Waals surface area contributed by atoms with Crippen molar-refractivity contribution in [3.05, 3.63) is 5.21 Å². The Hall–Kier alpha value is 1.11. The topological polar surface area (TPSA) is 113 Å². The van der Waals surface area contributed by atoms with E-state index in [0.717, 1.165) is 0 Å². The first-order valence-corrected chi connectivity index (χ1v) is 2.68. The van der Waals surface area contributed by atoms with Gasteiger partial charge in [-0.15, -0.1) is 8.42 Å². The number of hydrogen-bond donors (Lipinski definition) is 2. The summed E-state index contributed by atoms with van der Waals surface area (Å²) in [6.45, 7) is 0. The average Bonchev–Trinajstić information content (AvgIpc) is 1.62. The van der Waals surface area contributed by atoms with Gasteiger partial charge in [-0.1, -0.05) is 0 Å². The molecule has 0 spiro atoms. The van der Waals surface area contributed by atoms with Gasteiger partial charge in [-0.05, 0) is 0 Å². The summed E-state index contributed by atoms with van der Waals surface area (Å²) in [7, 11) is -4.89. The van der Waals surface area contributed by atoms with Crippen molar-refractivity contribution in [1.29, 1.82) is 0 Å². The molecular formula is H4N2Na2O5S. The van der Waals surface area contributed by atoms with E-state index in [9.17, 15) is 13.6 Å². The summed E-state index contributed by atoms with van der Waals surface area (Å²) in [4.78, 5) is 0. The standard InChI is InChI=1S/H2N2O5S.2Na.2H/c3-1-2(4)8(5,6)7;;;;/h3H,(H,5,6,7);;;;/b2-1+;;;;. The Morgan fingerprint density at radius 1 is 1.40 bits per heavy atom. The molecule has 0 heterocycles. The fraction of sp³-hybridized carbons (Fsp3) is 0. The second kappa shape index (κ2) is 6.80. The van der Waals surface area contributed by atoms with Crippen LogP contribution >= 0.6 is 0 Å². The maximum atomic E-state index is 9.50. The number of nitrogens with zero attached hydrogens (tertiary/aromatic N) is 2. The second-order valence-electron chi connectivity index (χ2n) is 0.775. The van der Waals surface area contributed by atoms with Gasteiger partial charge in [0.1, 0.15) is 0 Å². The van der Waals surface area contributed by atoms with Crippen LogP contribution in [0.4, 0.5) is 0 Å². The summed E-state index contributed by atoms with van der Waals surface area (Å²) < 4.78 is 25.3. The van der Waals surface area contributed by atoms with E-state index in [1.165, 1.54) is 0 Å². The first-order chi connectivity index (χ1) is 3.48. The van der Waals surface area contributed by atoms with Crippen LogP contribution in [0.2, 0.25) is 0 Å².